The van der Waals surface area contributed by atoms with Crippen LogP contribution < -0.4 is 16.4 Å². The first-order valence-corrected chi connectivity index (χ1v) is 13.0. The summed E-state index contributed by atoms with van der Waals surface area (Å²) in [4.78, 5) is 56.2. The fourth-order valence-electron chi connectivity index (χ4n) is 4.83. The zero-order chi connectivity index (χ0) is 27.1. The Labute approximate surface area is 220 Å². The van der Waals surface area contributed by atoms with E-state index in [-0.39, 0.29) is 41.9 Å². The molecule has 0 saturated heterocycles. The summed E-state index contributed by atoms with van der Waals surface area (Å²) in [6.07, 6.45) is 5.02. The highest BCUT2D eigenvalue weighted by Crippen LogP contribution is 2.26. The number of amides is 2. The first-order chi connectivity index (χ1) is 18.3. The van der Waals surface area contributed by atoms with Crippen LogP contribution in [0.1, 0.15) is 56.3 Å². The first-order valence-electron chi connectivity index (χ1n) is 13.0. The van der Waals surface area contributed by atoms with Crippen LogP contribution in [0.4, 0.5) is 0 Å². The predicted octanol–water partition coefficient (Wildman–Crippen LogP) is 2.99. The Bertz CT molecular complexity index is 1300. The molecule has 0 bridgehead atoms. The van der Waals surface area contributed by atoms with E-state index in [1.165, 1.54) is 0 Å². The van der Waals surface area contributed by atoms with E-state index in [0.29, 0.717) is 30.5 Å². The molecule has 0 spiro atoms. The van der Waals surface area contributed by atoms with Crippen molar-refractivity contribution in [3.8, 4) is 11.5 Å². The van der Waals surface area contributed by atoms with Crippen molar-refractivity contribution < 1.29 is 18.9 Å². The molecule has 0 aliphatic heterocycles. The van der Waals surface area contributed by atoms with Gasteiger partial charge in [-0.25, -0.2) is 9.36 Å². The molecule has 200 valence electrons. The van der Waals surface area contributed by atoms with Gasteiger partial charge in [0.1, 0.15) is 5.69 Å². The second kappa shape index (κ2) is 12.4. The molecule has 4 rings (SSSR count). The van der Waals surface area contributed by atoms with Gasteiger partial charge in [0.25, 0.3) is 5.91 Å². The number of hydrogen-bond donors (Lipinski definition) is 2. The van der Waals surface area contributed by atoms with Gasteiger partial charge >= 0.3 is 5.76 Å². The average molecular weight is 520 g/mol. The lowest BCUT2D eigenvalue weighted by Crippen LogP contribution is -2.52. The summed E-state index contributed by atoms with van der Waals surface area (Å²) in [6.45, 7) is 3.60. The van der Waals surface area contributed by atoms with Gasteiger partial charge in [0.05, 0.1) is 18.5 Å². The SMILES string of the molecule is CC(C)C[C@H](NC(=O)[C@@H]1CCCC[C@@H]1NC(=O)c1ccccc1)C(=O)Cn1c(-c2ccccn2)noc1=O. The summed E-state index contributed by atoms with van der Waals surface area (Å²) < 4.78 is 5.95. The predicted molar refractivity (Wildman–Crippen MR) is 140 cm³/mol. The van der Waals surface area contributed by atoms with Crippen molar-refractivity contribution in [1.29, 1.82) is 0 Å². The maximum atomic E-state index is 13.5. The number of aromatic nitrogens is 3. The van der Waals surface area contributed by atoms with Gasteiger partial charge in [0.2, 0.25) is 11.7 Å². The summed E-state index contributed by atoms with van der Waals surface area (Å²) in [5, 5.41) is 9.74. The van der Waals surface area contributed by atoms with Crippen molar-refractivity contribution in [3.63, 3.8) is 0 Å². The van der Waals surface area contributed by atoms with Gasteiger partial charge in [-0.3, -0.25) is 23.9 Å². The molecule has 2 amide bonds. The number of benzene rings is 1. The fraction of sp³-hybridized carbons (Fsp3) is 0.429. The molecule has 0 radical (unpaired) electrons. The molecule has 1 fully saturated rings. The number of hydrogen-bond acceptors (Lipinski definition) is 7. The van der Waals surface area contributed by atoms with Gasteiger partial charge in [-0.15, -0.1) is 0 Å². The van der Waals surface area contributed by atoms with Gasteiger partial charge < -0.3 is 10.6 Å². The summed E-state index contributed by atoms with van der Waals surface area (Å²) in [6, 6.07) is 12.9. The molecule has 3 atom stereocenters. The third-order valence-corrected chi connectivity index (χ3v) is 6.76. The summed E-state index contributed by atoms with van der Waals surface area (Å²) in [5.41, 5.74) is 0.933. The van der Waals surface area contributed by atoms with Crippen LogP contribution in [0.3, 0.4) is 0 Å². The number of ketones is 1. The molecule has 2 heterocycles. The molecule has 1 saturated carbocycles. The van der Waals surface area contributed by atoms with E-state index in [2.05, 4.69) is 20.8 Å². The Hall–Kier alpha value is -4.08. The van der Waals surface area contributed by atoms with E-state index in [4.69, 9.17) is 4.52 Å². The second-order valence-corrected chi connectivity index (χ2v) is 10.1. The summed E-state index contributed by atoms with van der Waals surface area (Å²) in [5.74, 6) is -1.81. The monoisotopic (exact) mass is 519 g/mol. The lowest BCUT2D eigenvalue weighted by molar-refractivity contribution is -0.132. The molecule has 10 nitrogen and oxygen atoms in total. The Kier molecular flexibility index (Phi) is 8.83. The number of carbonyl (C=O) groups is 3. The van der Waals surface area contributed by atoms with Crippen molar-refractivity contribution in [2.75, 3.05) is 0 Å². The first kappa shape index (κ1) is 27.0. The average Bonchev–Trinajstić information content (AvgIpc) is 3.28. The summed E-state index contributed by atoms with van der Waals surface area (Å²) >= 11 is 0. The van der Waals surface area contributed by atoms with E-state index >= 15 is 0 Å². The van der Waals surface area contributed by atoms with Crippen molar-refractivity contribution in [2.45, 2.75) is 64.6 Å². The van der Waals surface area contributed by atoms with Gasteiger partial charge in [-0.05, 0) is 49.4 Å². The van der Waals surface area contributed by atoms with Gasteiger partial charge in [0.15, 0.2) is 5.78 Å². The van der Waals surface area contributed by atoms with Gasteiger partial charge in [-0.2, -0.15) is 0 Å². The molecule has 3 aromatic rings. The highest BCUT2D eigenvalue weighted by molar-refractivity contribution is 5.95. The van der Waals surface area contributed by atoms with Crippen LogP contribution in [0.15, 0.2) is 64.0 Å². The zero-order valence-electron chi connectivity index (χ0n) is 21.6. The zero-order valence-corrected chi connectivity index (χ0v) is 21.6. The van der Waals surface area contributed by atoms with Crippen molar-refractivity contribution >= 4 is 17.6 Å². The van der Waals surface area contributed by atoms with E-state index in [1.807, 2.05) is 19.9 Å². The fourth-order valence-corrected chi connectivity index (χ4v) is 4.83. The maximum Gasteiger partial charge on any atom is 0.442 e. The van der Waals surface area contributed by atoms with Crippen molar-refractivity contribution in [1.82, 2.24) is 25.3 Å². The highest BCUT2D eigenvalue weighted by atomic mass is 16.5. The van der Waals surface area contributed by atoms with Crippen LogP contribution in [-0.2, 0) is 16.1 Å². The minimum atomic E-state index is -0.812. The normalized spacial score (nSPS) is 18.1. The lowest BCUT2D eigenvalue weighted by atomic mass is 9.83. The number of pyridine rings is 1. The molecule has 1 aliphatic rings. The molecular weight excluding hydrogens is 486 g/mol. The second-order valence-electron chi connectivity index (χ2n) is 10.1. The Morgan fingerprint density at radius 3 is 2.50 bits per heavy atom. The van der Waals surface area contributed by atoms with Crippen LogP contribution in [0.2, 0.25) is 0 Å². The largest absolute Gasteiger partial charge is 0.442 e. The van der Waals surface area contributed by atoms with Gasteiger partial charge in [0, 0.05) is 17.8 Å². The number of nitrogens with zero attached hydrogens (tertiary/aromatic N) is 3. The molecule has 2 N–H and O–H groups in total. The molecule has 0 unspecified atom stereocenters. The number of rotatable bonds is 10. The summed E-state index contributed by atoms with van der Waals surface area (Å²) in [7, 11) is 0. The standard InChI is InChI=1S/C28H33N5O5/c1-18(2)16-23(24(34)17-33-25(32-38-28(33)37)22-14-8-9-15-29-22)31-27(36)20-12-6-7-13-21(20)30-26(35)19-10-4-3-5-11-19/h3-5,8-11,14-15,18,20-21,23H,6-7,12-13,16-17H2,1-2H3,(H,30,35)(H,31,36)/t20-,21+,23+/m1/s1. The van der Waals surface area contributed by atoms with E-state index in [9.17, 15) is 19.2 Å². The quantitative estimate of drug-likeness (QED) is 0.420. The van der Waals surface area contributed by atoms with Crippen LogP contribution >= 0.6 is 0 Å². The van der Waals surface area contributed by atoms with Crippen molar-refractivity contribution in [2.24, 2.45) is 11.8 Å². The Balaban J connectivity index is 1.48. The maximum absolute atomic E-state index is 13.5. The molecule has 1 aliphatic carbocycles. The van der Waals surface area contributed by atoms with Crippen LogP contribution in [0.25, 0.3) is 11.5 Å². The molecule has 38 heavy (non-hydrogen) atoms. The third kappa shape index (κ3) is 6.62. The smallest absolute Gasteiger partial charge is 0.349 e. The highest BCUT2D eigenvalue weighted by Gasteiger charge is 2.34. The third-order valence-electron chi connectivity index (χ3n) is 6.76. The van der Waals surface area contributed by atoms with Crippen LogP contribution in [-0.4, -0.2) is 44.4 Å². The minimum absolute atomic E-state index is 0.110. The molecule has 10 heteroatoms. The van der Waals surface area contributed by atoms with Crippen molar-refractivity contribution in [3.05, 3.63) is 70.8 Å². The van der Waals surface area contributed by atoms with E-state index < -0.39 is 17.7 Å². The number of Topliss-reactive ketones (excluding diaryl/α,β-unsaturated/α-hetero) is 1. The number of nitrogens with one attached hydrogen (secondary N) is 2. The molecular formula is C28H33N5O5. The Morgan fingerprint density at radius 1 is 1.05 bits per heavy atom. The van der Waals surface area contributed by atoms with Crippen LogP contribution in [0.5, 0.6) is 0 Å². The topological polar surface area (TPSA) is 136 Å². The van der Waals surface area contributed by atoms with E-state index in [0.717, 1.165) is 17.4 Å². The van der Waals surface area contributed by atoms with Gasteiger partial charge in [-0.1, -0.05) is 56.1 Å². The molecule has 1 aromatic carbocycles. The Morgan fingerprint density at radius 2 is 1.79 bits per heavy atom. The number of carbonyl (C=O) groups excluding carboxylic acids is 3. The van der Waals surface area contributed by atoms with E-state index in [1.54, 1.807) is 48.7 Å². The minimum Gasteiger partial charge on any atom is -0.349 e. The van der Waals surface area contributed by atoms with Crippen LogP contribution in [0, 0.1) is 11.8 Å². The molecule has 2 aromatic heterocycles. The lowest BCUT2D eigenvalue weighted by Gasteiger charge is -2.32.